The minimum absolute atomic E-state index is 0.307. The van der Waals surface area contributed by atoms with Gasteiger partial charge in [0.1, 0.15) is 5.78 Å². The number of nitrogens with zero attached hydrogens (tertiary/aromatic N) is 3. The lowest BCUT2D eigenvalue weighted by atomic mass is 9.98. The van der Waals surface area contributed by atoms with Crippen molar-refractivity contribution in [2.75, 3.05) is 0 Å². The molecule has 0 aliphatic rings. The standard InChI is InChI=1S/C19H23N5.C10H12.C6H12O.C2H6/c1-13(2)14(3)20-12-15-8-10-16(11-9-15)17-6-4-5-7-18(17)19-21-23-24-22-19;1-2-3-7-10-8-5-4-6-9-10;1-3-4-5-6(2)7;1-2/h4-11,13-14,20H,12H2,1-3H3,(H,21,22,23,24);2,4-6,8-9H,1,3,7H2;3-5H2,1-2H3;1-2H3. The number of aromatic amines is 1. The van der Waals surface area contributed by atoms with Crippen molar-refractivity contribution in [2.24, 2.45) is 5.92 Å². The van der Waals surface area contributed by atoms with E-state index in [9.17, 15) is 4.79 Å². The molecule has 3 aromatic carbocycles. The lowest BCUT2D eigenvalue weighted by Crippen LogP contribution is -2.30. The minimum Gasteiger partial charge on any atom is -0.310 e. The molecule has 1 heterocycles. The van der Waals surface area contributed by atoms with Crippen LogP contribution in [0.2, 0.25) is 0 Å². The maximum absolute atomic E-state index is 10.2. The minimum atomic E-state index is 0.307. The van der Waals surface area contributed by atoms with Crippen molar-refractivity contribution in [3.8, 4) is 22.5 Å². The summed E-state index contributed by atoms with van der Waals surface area (Å²) in [4.78, 5) is 10.2. The summed E-state index contributed by atoms with van der Waals surface area (Å²) in [6.45, 7) is 19.0. The maximum Gasteiger partial charge on any atom is 0.205 e. The summed E-state index contributed by atoms with van der Waals surface area (Å²) in [5.41, 5.74) is 5.90. The largest absolute Gasteiger partial charge is 0.310 e. The molecule has 1 unspecified atom stereocenters. The van der Waals surface area contributed by atoms with Crippen LogP contribution in [-0.2, 0) is 17.8 Å². The second kappa shape index (κ2) is 22.7. The van der Waals surface area contributed by atoms with Crippen LogP contribution < -0.4 is 5.32 Å². The quantitative estimate of drug-likeness (QED) is 0.162. The zero-order valence-corrected chi connectivity index (χ0v) is 27.4. The van der Waals surface area contributed by atoms with Gasteiger partial charge in [-0.05, 0) is 66.5 Å². The van der Waals surface area contributed by atoms with Crippen molar-refractivity contribution >= 4 is 5.78 Å². The molecule has 0 radical (unpaired) electrons. The van der Waals surface area contributed by atoms with Crippen molar-refractivity contribution in [2.45, 2.75) is 93.2 Å². The molecule has 0 aliphatic carbocycles. The van der Waals surface area contributed by atoms with Crippen molar-refractivity contribution in [1.82, 2.24) is 25.9 Å². The van der Waals surface area contributed by atoms with E-state index in [4.69, 9.17) is 0 Å². The van der Waals surface area contributed by atoms with Gasteiger partial charge in [0.05, 0.1) is 0 Å². The average molecular weight is 584 g/mol. The fraction of sp³-hybridized carbons (Fsp3) is 0.405. The summed E-state index contributed by atoms with van der Waals surface area (Å²) in [6, 6.07) is 27.7. The number of allylic oxidation sites excluding steroid dienone is 1. The third kappa shape index (κ3) is 15.2. The number of tetrazole rings is 1. The van der Waals surface area contributed by atoms with Gasteiger partial charge in [-0.3, -0.25) is 0 Å². The summed E-state index contributed by atoms with van der Waals surface area (Å²) >= 11 is 0. The van der Waals surface area contributed by atoms with E-state index in [1.165, 1.54) is 11.1 Å². The van der Waals surface area contributed by atoms with Gasteiger partial charge >= 0.3 is 0 Å². The first-order valence-corrected chi connectivity index (χ1v) is 15.6. The molecule has 6 heteroatoms. The number of hydrogen-bond acceptors (Lipinski definition) is 5. The number of rotatable bonds is 12. The highest BCUT2D eigenvalue weighted by Crippen LogP contribution is 2.29. The normalized spacial score (nSPS) is 10.7. The molecule has 0 saturated carbocycles. The van der Waals surface area contributed by atoms with Crippen molar-refractivity contribution in [3.05, 3.63) is 103 Å². The Morgan fingerprint density at radius 2 is 1.53 bits per heavy atom. The van der Waals surface area contributed by atoms with Gasteiger partial charge in [0.15, 0.2) is 0 Å². The lowest BCUT2D eigenvalue weighted by molar-refractivity contribution is -0.117. The SMILES string of the molecule is C=CCCc1ccccc1.CC.CC(C)C(C)NCc1ccc(-c2ccccc2-c2nn[nH]n2)cc1.CCCCC(C)=O. The van der Waals surface area contributed by atoms with E-state index < -0.39 is 0 Å². The van der Waals surface area contributed by atoms with Gasteiger partial charge in [0.25, 0.3) is 0 Å². The number of Topliss-reactive ketones (excluding diaryl/α,β-unsaturated/α-hetero) is 1. The monoisotopic (exact) mass is 583 g/mol. The van der Waals surface area contributed by atoms with Crippen LogP contribution in [0.4, 0.5) is 0 Å². The first kappa shape index (κ1) is 37.1. The Kier molecular flexibility index (Phi) is 19.6. The topological polar surface area (TPSA) is 83.6 Å². The summed E-state index contributed by atoms with van der Waals surface area (Å²) in [5, 5.41) is 17.9. The molecule has 0 amide bonds. The van der Waals surface area contributed by atoms with E-state index in [0.717, 1.165) is 55.3 Å². The van der Waals surface area contributed by atoms with Gasteiger partial charge in [-0.25, -0.2) is 0 Å². The summed E-state index contributed by atoms with van der Waals surface area (Å²) in [7, 11) is 0. The molecule has 43 heavy (non-hydrogen) atoms. The number of aryl methyl sites for hydroxylation is 1. The van der Waals surface area contributed by atoms with Crippen LogP contribution in [-0.4, -0.2) is 32.4 Å². The highest BCUT2D eigenvalue weighted by molar-refractivity contribution is 5.80. The smallest absolute Gasteiger partial charge is 0.205 e. The van der Waals surface area contributed by atoms with Crippen LogP contribution in [0.1, 0.15) is 85.3 Å². The van der Waals surface area contributed by atoms with Crippen molar-refractivity contribution < 1.29 is 4.79 Å². The van der Waals surface area contributed by atoms with E-state index in [0.29, 0.717) is 23.6 Å². The van der Waals surface area contributed by atoms with Crippen molar-refractivity contribution in [1.29, 1.82) is 0 Å². The lowest BCUT2D eigenvalue weighted by Gasteiger charge is -2.17. The van der Waals surface area contributed by atoms with Gasteiger partial charge in [-0.1, -0.05) is 126 Å². The molecule has 0 fully saturated rings. The molecule has 0 bridgehead atoms. The first-order valence-electron chi connectivity index (χ1n) is 15.6. The summed E-state index contributed by atoms with van der Waals surface area (Å²) in [6.07, 6.45) is 7.08. The number of hydrogen-bond donors (Lipinski definition) is 2. The fourth-order valence-electron chi connectivity index (χ4n) is 3.86. The molecule has 6 nitrogen and oxygen atoms in total. The van der Waals surface area contributed by atoms with E-state index in [1.807, 2.05) is 44.2 Å². The highest BCUT2D eigenvalue weighted by Gasteiger charge is 2.11. The number of ketones is 1. The molecular formula is C37H53N5O. The second-order valence-corrected chi connectivity index (χ2v) is 10.5. The number of carbonyl (C=O) groups excluding carboxylic acids is 1. The van der Waals surface area contributed by atoms with Crippen LogP contribution in [0, 0.1) is 5.92 Å². The predicted octanol–water partition coefficient (Wildman–Crippen LogP) is 9.26. The number of H-pyrrole nitrogens is 1. The van der Waals surface area contributed by atoms with Gasteiger partial charge < -0.3 is 10.1 Å². The Morgan fingerprint density at radius 3 is 2.05 bits per heavy atom. The molecule has 232 valence electrons. The molecule has 2 N–H and O–H groups in total. The number of benzene rings is 3. The van der Waals surface area contributed by atoms with Gasteiger partial charge in [0, 0.05) is 24.6 Å². The number of carbonyl (C=O) groups is 1. The van der Waals surface area contributed by atoms with Gasteiger partial charge in [0.2, 0.25) is 5.82 Å². The second-order valence-electron chi connectivity index (χ2n) is 10.5. The fourth-order valence-corrected chi connectivity index (χ4v) is 3.86. The predicted molar refractivity (Wildman–Crippen MR) is 183 cm³/mol. The van der Waals surface area contributed by atoms with E-state index >= 15 is 0 Å². The molecule has 4 rings (SSSR count). The van der Waals surface area contributed by atoms with Crippen LogP contribution >= 0.6 is 0 Å². The number of aromatic nitrogens is 4. The molecular weight excluding hydrogens is 530 g/mol. The number of unbranched alkanes of at least 4 members (excludes halogenated alkanes) is 1. The molecule has 4 aromatic rings. The van der Waals surface area contributed by atoms with Crippen LogP contribution in [0.15, 0.2) is 91.5 Å². The average Bonchev–Trinajstić information content (AvgIpc) is 3.59. The summed E-state index contributed by atoms with van der Waals surface area (Å²) in [5.74, 6) is 1.55. The molecule has 0 aliphatic heterocycles. The highest BCUT2D eigenvalue weighted by atomic mass is 16.1. The van der Waals surface area contributed by atoms with Crippen LogP contribution in [0.3, 0.4) is 0 Å². The Labute approximate surface area is 260 Å². The Balaban J connectivity index is 0.000000400. The number of nitrogens with one attached hydrogen (secondary N) is 2. The van der Waals surface area contributed by atoms with E-state index in [2.05, 4.69) is 115 Å². The maximum atomic E-state index is 10.2. The zero-order chi connectivity index (χ0) is 31.9. The van der Waals surface area contributed by atoms with Crippen LogP contribution in [0.5, 0.6) is 0 Å². The van der Waals surface area contributed by atoms with E-state index in [1.54, 1.807) is 6.92 Å². The Hall–Kier alpha value is -3.90. The molecule has 0 spiro atoms. The third-order valence-electron chi connectivity index (χ3n) is 6.77. The third-order valence-corrected chi connectivity index (χ3v) is 6.77. The molecule has 0 saturated heterocycles. The Morgan fingerprint density at radius 1 is 0.907 bits per heavy atom. The van der Waals surface area contributed by atoms with Crippen LogP contribution in [0.25, 0.3) is 22.5 Å². The molecule has 1 aromatic heterocycles. The first-order chi connectivity index (χ1) is 20.8. The van der Waals surface area contributed by atoms with Crippen molar-refractivity contribution in [3.63, 3.8) is 0 Å². The van der Waals surface area contributed by atoms with E-state index in [-0.39, 0.29) is 0 Å². The summed E-state index contributed by atoms with van der Waals surface area (Å²) < 4.78 is 0. The molecule has 1 atom stereocenters. The zero-order valence-electron chi connectivity index (χ0n) is 27.4. The van der Waals surface area contributed by atoms with Gasteiger partial charge in [-0.2, -0.15) is 5.21 Å². The van der Waals surface area contributed by atoms with Gasteiger partial charge in [-0.15, -0.1) is 16.8 Å². The Bertz CT molecular complexity index is 1250.